The van der Waals surface area contributed by atoms with Crippen LogP contribution in [0.2, 0.25) is 0 Å². The first-order valence-corrected chi connectivity index (χ1v) is 6.34. The number of hydrogen-bond donors (Lipinski definition) is 1. The fourth-order valence-corrected chi connectivity index (χ4v) is 2.20. The number of hydrogen-bond acceptors (Lipinski definition) is 3. The van der Waals surface area contributed by atoms with Gasteiger partial charge in [0.25, 0.3) is 0 Å². The van der Waals surface area contributed by atoms with Crippen LogP contribution in [0.1, 0.15) is 23.7 Å². The van der Waals surface area contributed by atoms with Gasteiger partial charge >= 0.3 is 0 Å². The first kappa shape index (κ1) is 13.2. The zero-order chi connectivity index (χ0) is 13.0. The van der Waals surface area contributed by atoms with Crippen LogP contribution in [0, 0.1) is 11.7 Å². The van der Waals surface area contributed by atoms with E-state index < -0.39 is 5.82 Å². The lowest BCUT2D eigenvalue weighted by Crippen LogP contribution is -2.39. The van der Waals surface area contributed by atoms with Crippen molar-refractivity contribution in [2.24, 2.45) is 5.92 Å². The number of halogens is 1. The standard InChI is InChI=1S/C14H18FNO2/c1-2-7-16-13-9-18-8-11(13)14(17)10-5-3-4-6-12(10)15/h3-6,11,13,16H,2,7-9H2,1H3. The molecule has 1 aliphatic heterocycles. The van der Waals surface area contributed by atoms with Crippen molar-refractivity contribution in [1.29, 1.82) is 0 Å². The van der Waals surface area contributed by atoms with Crippen molar-refractivity contribution in [3.8, 4) is 0 Å². The van der Waals surface area contributed by atoms with Crippen LogP contribution in [0.15, 0.2) is 24.3 Å². The highest BCUT2D eigenvalue weighted by molar-refractivity contribution is 5.98. The number of carbonyl (C=O) groups excluding carboxylic acids is 1. The highest BCUT2D eigenvalue weighted by Crippen LogP contribution is 2.21. The molecule has 0 radical (unpaired) electrons. The number of ether oxygens (including phenoxy) is 1. The third kappa shape index (κ3) is 2.76. The van der Waals surface area contributed by atoms with Crippen LogP contribution in [-0.2, 0) is 4.74 Å². The molecule has 1 saturated heterocycles. The van der Waals surface area contributed by atoms with Crippen molar-refractivity contribution < 1.29 is 13.9 Å². The van der Waals surface area contributed by atoms with Gasteiger partial charge in [0.15, 0.2) is 5.78 Å². The summed E-state index contributed by atoms with van der Waals surface area (Å²) in [5, 5.41) is 3.28. The third-order valence-corrected chi connectivity index (χ3v) is 3.21. The summed E-state index contributed by atoms with van der Waals surface area (Å²) in [4.78, 5) is 12.3. The molecule has 2 atom stereocenters. The zero-order valence-corrected chi connectivity index (χ0v) is 10.5. The maximum absolute atomic E-state index is 13.6. The van der Waals surface area contributed by atoms with Crippen LogP contribution in [0.4, 0.5) is 4.39 Å². The fraction of sp³-hybridized carbons (Fsp3) is 0.500. The van der Waals surface area contributed by atoms with Crippen molar-refractivity contribution in [1.82, 2.24) is 5.32 Å². The lowest BCUT2D eigenvalue weighted by molar-refractivity contribution is 0.0887. The van der Waals surface area contributed by atoms with Crippen molar-refractivity contribution in [3.63, 3.8) is 0 Å². The molecule has 1 fully saturated rings. The maximum Gasteiger partial charge on any atom is 0.172 e. The van der Waals surface area contributed by atoms with E-state index >= 15 is 0 Å². The lowest BCUT2D eigenvalue weighted by Gasteiger charge is -2.17. The SMILES string of the molecule is CCCNC1COCC1C(=O)c1ccccc1F. The van der Waals surface area contributed by atoms with Crippen molar-refractivity contribution in [2.45, 2.75) is 19.4 Å². The molecule has 1 aromatic rings. The predicted molar refractivity (Wildman–Crippen MR) is 67.1 cm³/mol. The van der Waals surface area contributed by atoms with E-state index in [-0.39, 0.29) is 23.3 Å². The lowest BCUT2D eigenvalue weighted by atomic mass is 9.93. The Balaban J connectivity index is 2.10. The van der Waals surface area contributed by atoms with Gasteiger partial charge in [0.05, 0.1) is 24.7 Å². The van der Waals surface area contributed by atoms with E-state index in [2.05, 4.69) is 12.2 Å². The normalized spacial score (nSPS) is 23.2. The number of rotatable bonds is 5. The average Bonchev–Trinajstić information content (AvgIpc) is 2.84. The molecule has 0 saturated carbocycles. The van der Waals surface area contributed by atoms with Gasteiger partial charge in [0, 0.05) is 6.04 Å². The second-order valence-electron chi connectivity index (χ2n) is 4.55. The predicted octanol–water partition coefficient (Wildman–Crippen LogP) is 2.02. The Kier molecular flexibility index (Phi) is 4.44. The molecule has 1 aliphatic rings. The monoisotopic (exact) mass is 251 g/mol. The molecule has 0 bridgehead atoms. The van der Waals surface area contributed by atoms with Crippen molar-refractivity contribution in [2.75, 3.05) is 19.8 Å². The van der Waals surface area contributed by atoms with Gasteiger partial charge in [-0.15, -0.1) is 0 Å². The molecule has 1 N–H and O–H groups in total. The Morgan fingerprint density at radius 3 is 2.94 bits per heavy atom. The van der Waals surface area contributed by atoms with E-state index in [9.17, 15) is 9.18 Å². The average molecular weight is 251 g/mol. The number of Topliss-reactive ketones (excluding diaryl/α,β-unsaturated/α-hetero) is 1. The van der Waals surface area contributed by atoms with Crippen LogP contribution in [0.25, 0.3) is 0 Å². The summed E-state index contributed by atoms with van der Waals surface area (Å²) in [6.07, 6.45) is 0.997. The fourth-order valence-electron chi connectivity index (χ4n) is 2.20. The van der Waals surface area contributed by atoms with Crippen LogP contribution < -0.4 is 5.32 Å². The van der Waals surface area contributed by atoms with Gasteiger partial charge in [-0.2, -0.15) is 0 Å². The molecule has 0 aromatic heterocycles. The second kappa shape index (κ2) is 6.07. The maximum atomic E-state index is 13.6. The minimum Gasteiger partial charge on any atom is -0.379 e. The van der Waals surface area contributed by atoms with Crippen LogP contribution in [-0.4, -0.2) is 31.6 Å². The van der Waals surface area contributed by atoms with E-state index in [4.69, 9.17) is 4.74 Å². The minimum absolute atomic E-state index is 0.00273. The Morgan fingerprint density at radius 1 is 1.44 bits per heavy atom. The quantitative estimate of drug-likeness (QED) is 0.814. The smallest absolute Gasteiger partial charge is 0.172 e. The van der Waals surface area contributed by atoms with E-state index in [0.29, 0.717) is 13.2 Å². The molecule has 0 amide bonds. The van der Waals surface area contributed by atoms with Gasteiger partial charge in [0.1, 0.15) is 5.82 Å². The molecule has 0 aliphatic carbocycles. The van der Waals surface area contributed by atoms with Crippen LogP contribution >= 0.6 is 0 Å². The van der Waals surface area contributed by atoms with Crippen LogP contribution in [0.5, 0.6) is 0 Å². The number of benzene rings is 1. The molecule has 3 nitrogen and oxygen atoms in total. The Hall–Kier alpha value is -1.26. The van der Waals surface area contributed by atoms with E-state index in [1.165, 1.54) is 12.1 Å². The van der Waals surface area contributed by atoms with Gasteiger partial charge in [-0.3, -0.25) is 4.79 Å². The van der Waals surface area contributed by atoms with Crippen LogP contribution in [0.3, 0.4) is 0 Å². The second-order valence-corrected chi connectivity index (χ2v) is 4.55. The number of ketones is 1. The third-order valence-electron chi connectivity index (χ3n) is 3.21. The van der Waals surface area contributed by atoms with E-state index in [1.54, 1.807) is 12.1 Å². The summed E-state index contributed by atoms with van der Waals surface area (Å²) in [6, 6.07) is 6.12. The number of carbonyl (C=O) groups is 1. The topological polar surface area (TPSA) is 38.3 Å². The first-order valence-electron chi connectivity index (χ1n) is 6.34. The molecule has 98 valence electrons. The Bertz CT molecular complexity index is 422. The van der Waals surface area contributed by atoms with Gasteiger partial charge < -0.3 is 10.1 Å². The number of nitrogens with one attached hydrogen (secondary N) is 1. The van der Waals surface area contributed by atoms with E-state index in [0.717, 1.165) is 13.0 Å². The van der Waals surface area contributed by atoms with Gasteiger partial charge in [-0.05, 0) is 25.1 Å². The summed E-state index contributed by atoms with van der Waals surface area (Å²) < 4.78 is 18.9. The molecule has 1 aromatic carbocycles. The summed E-state index contributed by atoms with van der Waals surface area (Å²) >= 11 is 0. The molecule has 0 spiro atoms. The zero-order valence-electron chi connectivity index (χ0n) is 10.5. The Morgan fingerprint density at radius 2 is 2.22 bits per heavy atom. The molecular weight excluding hydrogens is 233 g/mol. The summed E-state index contributed by atoms with van der Waals surface area (Å²) in [7, 11) is 0. The highest BCUT2D eigenvalue weighted by Gasteiger charge is 2.34. The van der Waals surface area contributed by atoms with Crippen molar-refractivity contribution >= 4 is 5.78 Å². The summed E-state index contributed by atoms with van der Waals surface area (Å²) in [6.45, 7) is 3.80. The molecule has 2 unspecified atom stereocenters. The van der Waals surface area contributed by atoms with Gasteiger partial charge in [0.2, 0.25) is 0 Å². The minimum atomic E-state index is -0.455. The van der Waals surface area contributed by atoms with Gasteiger partial charge in [-0.1, -0.05) is 19.1 Å². The molecular formula is C14H18FNO2. The molecule has 4 heteroatoms. The Labute approximate surface area is 106 Å². The van der Waals surface area contributed by atoms with E-state index in [1.807, 2.05) is 0 Å². The summed E-state index contributed by atoms with van der Waals surface area (Å²) in [5.41, 5.74) is 0.163. The highest BCUT2D eigenvalue weighted by atomic mass is 19.1. The molecule has 2 rings (SSSR count). The molecule has 1 heterocycles. The molecule has 18 heavy (non-hydrogen) atoms. The largest absolute Gasteiger partial charge is 0.379 e. The van der Waals surface area contributed by atoms with Crippen molar-refractivity contribution in [3.05, 3.63) is 35.6 Å². The van der Waals surface area contributed by atoms with Gasteiger partial charge in [-0.25, -0.2) is 4.39 Å². The summed E-state index contributed by atoms with van der Waals surface area (Å²) in [5.74, 6) is -0.906. The first-order chi connectivity index (χ1) is 8.74.